The maximum atomic E-state index is 12.4. The second kappa shape index (κ2) is 7.52. The van der Waals surface area contributed by atoms with Gasteiger partial charge in [0.2, 0.25) is 17.6 Å². The van der Waals surface area contributed by atoms with Gasteiger partial charge in [-0.2, -0.15) is 4.98 Å². The number of rotatable bonds is 5. The molecule has 1 aliphatic heterocycles. The number of nitrogens with zero attached hydrogens (tertiary/aromatic N) is 3. The molecule has 0 aliphatic carbocycles. The smallest absolute Gasteiger partial charge is 0.249 e. The van der Waals surface area contributed by atoms with Crippen LogP contribution in [0, 0.1) is 0 Å². The normalized spacial score (nSPS) is 16.7. The molecule has 0 N–H and O–H groups in total. The molecule has 1 aliphatic rings. The third-order valence-electron chi connectivity index (χ3n) is 4.65. The number of hydrogen-bond acceptors (Lipinski definition) is 5. The van der Waals surface area contributed by atoms with E-state index >= 15 is 0 Å². The van der Waals surface area contributed by atoms with E-state index in [1.807, 2.05) is 48.5 Å². The van der Waals surface area contributed by atoms with Gasteiger partial charge in [0.1, 0.15) is 11.8 Å². The fraction of sp³-hybridized carbons (Fsp3) is 0.250. The van der Waals surface area contributed by atoms with Crippen molar-refractivity contribution in [3.63, 3.8) is 0 Å². The maximum absolute atomic E-state index is 12.4. The van der Waals surface area contributed by atoms with Gasteiger partial charge in [0.15, 0.2) is 0 Å². The van der Waals surface area contributed by atoms with E-state index in [0.29, 0.717) is 31.1 Å². The molecule has 6 nitrogen and oxygen atoms in total. The number of methoxy groups -OCH3 is 1. The molecule has 3 aromatic rings. The van der Waals surface area contributed by atoms with Gasteiger partial charge in [-0.1, -0.05) is 45.4 Å². The van der Waals surface area contributed by atoms with Crippen LogP contribution in [0.15, 0.2) is 57.5 Å². The molecule has 1 atom stereocenters. The Kier molecular flexibility index (Phi) is 4.94. The molecule has 1 unspecified atom stereocenters. The molecule has 1 amide bonds. The van der Waals surface area contributed by atoms with Crippen LogP contribution < -0.4 is 4.74 Å². The van der Waals surface area contributed by atoms with Gasteiger partial charge in [0.05, 0.1) is 7.11 Å². The van der Waals surface area contributed by atoms with Gasteiger partial charge in [0.25, 0.3) is 0 Å². The van der Waals surface area contributed by atoms with Crippen molar-refractivity contribution >= 4 is 21.8 Å². The first-order valence-electron chi connectivity index (χ1n) is 8.66. The molecule has 7 heteroatoms. The van der Waals surface area contributed by atoms with Gasteiger partial charge in [-0.15, -0.1) is 0 Å². The number of carbonyl (C=O) groups is 1. The first-order valence-corrected chi connectivity index (χ1v) is 9.45. The monoisotopic (exact) mass is 427 g/mol. The molecule has 0 saturated carbocycles. The Labute approximate surface area is 165 Å². The summed E-state index contributed by atoms with van der Waals surface area (Å²) in [7, 11) is 1.63. The highest BCUT2D eigenvalue weighted by Gasteiger charge is 2.36. The Balaban J connectivity index is 1.56. The van der Waals surface area contributed by atoms with E-state index < -0.39 is 0 Å². The van der Waals surface area contributed by atoms with Gasteiger partial charge < -0.3 is 14.2 Å². The lowest BCUT2D eigenvalue weighted by molar-refractivity contribution is -0.129. The summed E-state index contributed by atoms with van der Waals surface area (Å²) in [5, 5.41) is 4.10. The van der Waals surface area contributed by atoms with Crippen molar-refractivity contribution in [3.8, 4) is 17.1 Å². The first kappa shape index (κ1) is 17.7. The average molecular weight is 428 g/mol. The summed E-state index contributed by atoms with van der Waals surface area (Å²) < 4.78 is 11.6. The molecule has 1 fully saturated rings. The van der Waals surface area contributed by atoms with Crippen LogP contribution in [0.5, 0.6) is 5.75 Å². The zero-order valence-corrected chi connectivity index (χ0v) is 16.3. The fourth-order valence-corrected chi connectivity index (χ4v) is 3.63. The lowest BCUT2D eigenvalue weighted by Gasteiger charge is -2.22. The largest absolute Gasteiger partial charge is 0.497 e. The van der Waals surface area contributed by atoms with Crippen LogP contribution in [0.3, 0.4) is 0 Å². The molecule has 138 valence electrons. The van der Waals surface area contributed by atoms with Crippen LogP contribution in [0.25, 0.3) is 11.4 Å². The summed E-state index contributed by atoms with van der Waals surface area (Å²) >= 11 is 3.45. The third-order valence-corrected chi connectivity index (χ3v) is 5.14. The molecular formula is C20H18BrN3O3. The topological polar surface area (TPSA) is 68.5 Å². The number of aromatic nitrogens is 2. The molecule has 2 heterocycles. The van der Waals surface area contributed by atoms with E-state index in [4.69, 9.17) is 9.26 Å². The van der Waals surface area contributed by atoms with Gasteiger partial charge in [0, 0.05) is 23.0 Å². The summed E-state index contributed by atoms with van der Waals surface area (Å²) in [6.45, 7) is 0.502. The van der Waals surface area contributed by atoms with Crippen molar-refractivity contribution in [2.45, 2.75) is 25.4 Å². The highest BCUT2D eigenvalue weighted by molar-refractivity contribution is 9.10. The zero-order chi connectivity index (χ0) is 18.8. The number of carbonyl (C=O) groups excluding carboxylic acids is 1. The quantitative estimate of drug-likeness (QED) is 0.604. The Morgan fingerprint density at radius 2 is 2.07 bits per heavy atom. The summed E-state index contributed by atoms with van der Waals surface area (Å²) in [5.74, 6) is 1.89. The van der Waals surface area contributed by atoms with Crippen molar-refractivity contribution < 1.29 is 14.1 Å². The zero-order valence-electron chi connectivity index (χ0n) is 14.8. The second-order valence-corrected chi connectivity index (χ2v) is 7.31. The van der Waals surface area contributed by atoms with Crippen LogP contribution >= 0.6 is 15.9 Å². The lowest BCUT2D eigenvalue weighted by atomic mass is 10.1. The summed E-state index contributed by atoms with van der Waals surface area (Å²) in [5.41, 5.74) is 1.90. The minimum absolute atomic E-state index is 0.0954. The Bertz CT molecular complexity index is 955. The third kappa shape index (κ3) is 3.73. The van der Waals surface area contributed by atoms with Crippen LogP contribution in [0.4, 0.5) is 0 Å². The molecule has 0 bridgehead atoms. The van der Waals surface area contributed by atoms with Crippen molar-refractivity contribution in [2.75, 3.05) is 7.11 Å². The summed E-state index contributed by atoms with van der Waals surface area (Å²) in [4.78, 5) is 18.8. The molecule has 1 saturated heterocycles. The van der Waals surface area contributed by atoms with E-state index in [1.54, 1.807) is 12.0 Å². The van der Waals surface area contributed by atoms with E-state index in [0.717, 1.165) is 21.3 Å². The molecule has 4 rings (SSSR count). The van der Waals surface area contributed by atoms with Gasteiger partial charge >= 0.3 is 0 Å². The SMILES string of the molecule is COc1ccc(CN2C(=O)CCC2c2nc(-c3cccc(Br)c3)no2)cc1. The Morgan fingerprint density at radius 1 is 1.26 bits per heavy atom. The molecular weight excluding hydrogens is 410 g/mol. The van der Waals surface area contributed by atoms with E-state index in [2.05, 4.69) is 26.1 Å². The summed E-state index contributed by atoms with van der Waals surface area (Å²) in [6, 6.07) is 15.2. The minimum Gasteiger partial charge on any atom is -0.497 e. The molecule has 2 aromatic carbocycles. The molecule has 1 aromatic heterocycles. The highest BCUT2D eigenvalue weighted by Crippen LogP contribution is 2.34. The molecule has 27 heavy (non-hydrogen) atoms. The van der Waals surface area contributed by atoms with Gasteiger partial charge in [-0.25, -0.2) is 0 Å². The lowest BCUT2D eigenvalue weighted by Crippen LogP contribution is -2.27. The Hall–Kier alpha value is -2.67. The van der Waals surface area contributed by atoms with Crippen molar-refractivity contribution in [3.05, 3.63) is 64.5 Å². The van der Waals surface area contributed by atoms with Crippen LogP contribution in [0.1, 0.15) is 30.3 Å². The minimum atomic E-state index is -0.201. The first-order chi connectivity index (χ1) is 13.1. The van der Waals surface area contributed by atoms with Crippen molar-refractivity contribution in [1.29, 1.82) is 0 Å². The fourth-order valence-electron chi connectivity index (χ4n) is 3.23. The van der Waals surface area contributed by atoms with E-state index in [9.17, 15) is 4.79 Å². The second-order valence-electron chi connectivity index (χ2n) is 6.39. The molecule has 0 spiro atoms. The van der Waals surface area contributed by atoms with Gasteiger partial charge in [-0.3, -0.25) is 4.79 Å². The van der Waals surface area contributed by atoms with Crippen molar-refractivity contribution in [1.82, 2.24) is 15.0 Å². The highest BCUT2D eigenvalue weighted by atomic mass is 79.9. The van der Waals surface area contributed by atoms with Crippen LogP contribution in [-0.4, -0.2) is 28.1 Å². The predicted octanol–water partition coefficient (Wildman–Crippen LogP) is 4.37. The Morgan fingerprint density at radius 3 is 2.81 bits per heavy atom. The van der Waals surface area contributed by atoms with Crippen LogP contribution in [0.2, 0.25) is 0 Å². The average Bonchev–Trinajstić information content (AvgIpc) is 3.30. The number of ether oxygens (including phenoxy) is 1. The number of halogens is 1. The van der Waals surface area contributed by atoms with Crippen LogP contribution in [-0.2, 0) is 11.3 Å². The summed E-state index contributed by atoms with van der Waals surface area (Å²) in [6.07, 6.45) is 1.16. The maximum Gasteiger partial charge on any atom is 0.249 e. The predicted molar refractivity (Wildman–Crippen MR) is 103 cm³/mol. The van der Waals surface area contributed by atoms with Crippen molar-refractivity contribution in [2.24, 2.45) is 0 Å². The number of likely N-dealkylation sites (tertiary alicyclic amines) is 1. The van der Waals surface area contributed by atoms with Gasteiger partial charge in [-0.05, 0) is 36.2 Å². The van der Waals surface area contributed by atoms with E-state index in [1.165, 1.54) is 0 Å². The molecule has 0 radical (unpaired) electrons. The van der Waals surface area contributed by atoms with E-state index in [-0.39, 0.29) is 11.9 Å². The standard InChI is InChI=1S/C20H18BrN3O3/c1-26-16-7-5-13(6-8-16)12-24-17(9-10-18(24)25)20-22-19(23-27-20)14-3-2-4-15(21)11-14/h2-8,11,17H,9-10,12H2,1H3. The number of benzene rings is 2. The number of hydrogen-bond donors (Lipinski definition) is 0. The number of amides is 1.